The van der Waals surface area contributed by atoms with Gasteiger partial charge in [0.05, 0.1) is 19.3 Å². The lowest BCUT2D eigenvalue weighted by molar-refractivity contribution is -0.0707. The number of fused-ring (bicyclic) bond motifs is 1. The molecule has 19 heavy (non-hydrogen) atoms. The maximum absolute atomic E-state index is 11.8. The summed E-state index contributed by atoms with van der Waals surface area (Å²) in [5, 5.41) is 9.33. The van der Waals surface area contributed by atoms with Crippen molar-refractivity contribution in [2.45, 2.75) is 25.4 Å². The molecule has 2 saturated heterocycles. The van der Waals surface area contributed by atoms with E-state index in [1.165, 1.54) is 16.8 Å². The number of aliphatic hydroxyl groups is 1. The van der Waals surface area contributed by atoms with Gasteiger partial charge in [0.15, 0.2) is 0 Å². The zero-order valence-corrected chi connectivity index (χ0v) is 10.5. The number of rotatable bonds is 2. The van der Waals surface area contributed by atoms with Crippen molar-refractivity contribution in [2.24, 2.45) is 11.8 Å². The largest absolute Gasteiger partial charge is 0.394 e. The Bertz CT molecular complexity index is 580. The molecule has 3 heterocycles. The van der Waals surface area contributed by atoms with Crippen molar-refractivity contribution in [3.8, 4) is 0 Å². The minimum absolute atomic E-state index is 0.000696. The van der Waals surface area contributed by atoms with Gasteiger partial charge in [-0.25, -0.2) is 4.79 Å². The summed E-state index contributed by atoms with van der Waals surface area (Å²) in [7, 11) is 0. The summed E-state index contributed by atoms with van der Waals surface area (Å²) in [6.45, 7) is 2.46. The van der Waals surface area contributed by atoms with Crippen LogP contribution in [0.25, 0.3) is 0 Å². The van der Waals surface area contributed by atoms with Crippen LogP contribution < -0.4 is 11.2 Å². The van der Waals surface area contributed by atoms with E-state index in [2.05, 4.69) is 4.98 Å². The molecule has 1 aromatic heterocycles. The number of ether oxygens (including phenoxy) is 2. The Morgan fingerprint density at radius 3 is 3.00 bits per heavy atom. The predicted octanol–water partition coefficient (Wildman–Crippen LogP) is -0.923. The summed E-state index contributed by atoms with van der Waals surface area (Å²) < 4.78 is 12.7. The number of H-pyrrole nitrogens is 1. The van der Waals surface area contributed by atoms with Crippen LogP contribution in [0.3, 0.4) is 0 Å². The number of aromatic nitrogens is 2. The molecule has 0 spiro atoms. The summed E-state index contributed by atoms with van der Waals surface area (Å²) in [4.78, 5) is 25.1. The lowest BCUT2D eigenvalue weighted by Gasteiger charge is -2.21. The standard InChI is InChI=1S/C12H16N2O5/c1-6-5-18-10-7(4-15)19-11(9(6)10)14-3-2-8(16)13-12(14)17/h2-3,6-7,9-11,15H,4-5H2,1H3,(H,13,16,17)/t6?,7-,9-,10-,11-/m1/s1. The Kier molecular flexibility index (Phi) is 3.04. The van der Waals surface area contributed by atoms with Crippen LogP contribution in [0.1, 0.15) is 13.2 Å². The Labute approximate surface area is 108 Å². The van der Waals surface area contributed by atoms with Crippen molar-refractivity contribution in [1.82, 2.24) is 9.55 Å². The minimum Gasteiger partial charge on any atom is -0.394 e. The smallest absolute Gasteiger partial charge is 0.330 e. The molecular formula is C12H16N2O5. The highest BCUT2D eigenvalue weighted by Crippen LogP contribution is 2.44. The second-order valence-corrected chi connectivity index (χ2v) is 5.12. The van der Waals surface area contributed by atoms with Gasteiger partial charge in [-0.05, 0) is 5.92 Å². The van der Waals surface area contributed by atoms with Crippen LogP contribution in [-0.4, -0.2) is 40.1 Å². The maximum atomic E-state index is 11.8. The van der Waals surface area contributed by atoms with Gasteiger partial charge in [0, 0.05) is 18.2 Å². The van der Waals surface area contributed by atoms with E-state index in [0.29, 0.717) is 6.61 Å². The molecule has 0 aromatic carbocycles. The van der Waals surface area contributed by atoms with Gasteiger partial charge in [-0.1, -0.05) is 6.92 Å². The Morgan fingerprint density at radius 2 is 2.32 bits per heavy atom. The quantitative estimate of drug-likeness (QED) is 0.723. The van der Waals surface area contributed by atoms with Gasteiger partial charge in [-0.2, -0.15) is 0 Å². The third-order valence-corrected chi connectivity index (χ3v) is 3.90. The van der Waals surface area contributed by atoms with Crippen LogP contribution in [0, 0.1) is 11.8 Å². The zero-order chi connectivity index (χ0) is 13.6. The van der Waals surface area contributed by atoms with Crippen LogP contribution >= 0.6 is 0 Å². The molecule has 0 radical (unpaired) electrons. The molecule has 2 fully saturated rings. The molecule has 0 saturated carbocycles. The molecule has 0 amide bonds. The van der Waals surface area contributed by atoms with Crippen LogP contribution in [0.5, 0.6) is 0 Å². The van der Waals surface area contributed by atoms with Gasteiger partial charge in [-0.15, -0.1) is 0 Å². The first-order valence-corrected chi connectivity index (χ1v) is 6.31. The molecule has 0 aliphatic carbocycles. The van der Waals surface area contributed by atoms with E-state index in [4.69, 9.17) is 9.47 Å². The number of aliphatic hydroxyl groups excluding tert-OH is 1. The lowest BCUT2D eigenvalue weighted by atomic mass is 9.90. The molecular weight excluding hydrogens is 252 g/mol. The third-order valence-electron chi connectivity index (χ3n) is 3.90. The van der Waals surface area contributed by atoms with Gasteiger partial charge in [0.25, 0.3) is 5.56 Å². The molecule has 1 unspecified atom stereocenters. The molecule has 2 aliphatic rings. The van der Waals surface area contributed by atoms with Gasteiger partial charge < -0.3 is 14.6 Å². The Balaban J connectivity index is 2.00. The topological polar surface area (TPSA) is 93.6 Å². The van der Waals surface area contributed by atoms with Crippen molar-refractivity contribution in [1.29, 1.82) is 0 Å². The number of hydrogen-bond acceptors (Lipinski definition) is 5. The van der Waals surface area contributed by atoms with E-state index in [0.717, 1.165) is 0 Å². The molecule has 104 valence electrons. The van der Waals surface area contributed by atoms with Crippen LogP contribution in [-0.2, 0) is 9.47 Å². The highest BCUT2D eigenvalue weighted by molar-refractivity contribution is 4.98. The van der Waals surface area contributed by atoms with Crippen LogP contribution in [0.15, 0.2) is 21.9 Å². The molecule has 0 bridgehead atoms. The predicted molar refractivity (Wildman–Crippen MR) is 64.7 cm³/mol. The SMILES string of the molecule is CC1CO[C@H]2[C@@H]1[C@H](n1ccc(=O)[nH]c1=O)O[C@@H]2CO. The first-order valence-electron chi connectivity index (χ1n) is 6.31. The Hall–Kier alpha value is -1.44. The van der Waals surface area contributed by atoms with E-state index in [1.54, 1.807) is 0 Å². The van der Waals surface area contributed by atoms with E-state index < -0.39 is 23.6 Å². The average molecular weight is 268 g/mol. The fourth-order valence-electron chi connectivity index (χ4n) is 2.98. The molecule has 3 rings (SSSR count). The van der Waals surface area contributed by atoms with Gasteiger partial charge in [-0.3, -0.25) is 14.3 Å². The van der Waals surface area contributed by atoms with Gasteiger partial charge in [0.1, 0.15) is 12.3 Å². The highest BCUT2D eigenvalue weighted by atomic mass is 16.6. The van der Waals surface area contributed by atoms with Crippen molar-refractivity contribution >= 4 is 0 Å². The Morgan fingerprint density at radius 1 is 1.53 bits per heavy atom. The molecule has 2 aliphatic heterocycles. The van der Waals surface area contributed by atoms with E-state index in [-0.39, 0.29) is 24.5 Å². The summed E-state index contributed by atoms with van der Waals surface area (Å²) in [5.41, 5.74) is -0.945. The fraction of sp³-hybridized carbons (Fsp3) is 0.667. The van der Waals surface area contributed by atoms with Crippen LogP contribution in [0.2, 0.25) is 0 Å². The van der Waals surface area contributed by atoms with E-state index >= 15 is 0 Å². The van der Waals surface area contributed by atoms with Crippen molar-refractivity contribution in [3.05, 3.63) is 33.1 Å². The van der Waals surface area contributed by atoms with Crippen LogP contribution in [0.4, 0.5) is 0 Å². The van der Waals surface area contributed by atoms with E-state index in [1.807, 2.05) is 6.92 Å². The monoisotopic (exact) mass is 268 g/mol. The zero-order valence-electron chi connectivity index (χ0n) is 10.5. The molecule has 5 atom stereocenters. The number of hydrogen-bond donors (Lipinski definition) is 2. The first kappa shape index (κ1) is 12.6. The second kappa shape index (κ2) is 4.59. The maximum Gasteiger partial charge on any atom is 0.330 e. The summed E-state index contributed by atoms with van der Waals surface area (Å²) in [6.07, 6.45) is 0.278. The number of nitrogens with one attached hydrogen (secondary N) is 1. The molecule has 7 heteroatoms. The summed E-state index contributed by atoms with van der Waals surface area (Å²) in [5.74, 6) is 0.228. The molecule has 7 nitrogen and oxygen atoms in total. The van der Waals surface area contributed by atoms with Gasteiger partial charge in [0.2, 0.25) is 0 Å². The fourth-order valence-corrected chi connectivity index (χ4v) is 2.98. The van der Waals surface area contributed by atoms with E-state index in [9.17, 15) is 14.7 Å². The summed E-state index contributed by atoms with van der Waals surface area (Å²) >= 11 is 0. The lowest BCUT2D eigenvalue weighted by Crippen LogP contribution is -2.35. The molecule has 1 aromatic rings. The van der Waals surface area contributed by atoms with Crippen molar-refractivity contribution in [2.75, 3.05) is 13.2 Å². The average Bonchev–Trinajstić information content (AvgIpc) is 2.91. The first-order chi connectivity index (χ1) is 9.11. The second-order valence-electron chi connectivity index (χ2n) is 5.12. The third kappa shape index (κ3) is 1.94. The van der Waals surface area contributed by atoms with Crippen molar-refractivity contribution < 1.29 is 14.6 Å². The normalized spacial score (nSPS) is 37.5. The number of aromatic amines is 1. The highest BCUT2D eigenvalue weighted by Gasteiger charge is 2.52. The van der Waals surface area contributed by atoms with Gasteiger partial charge >= 0.3 is 5.69 Å². The number of nitrogens with zero attached hydrogens (tertiary/aromatic N) is 1. The van der Waals surface area contributed by atoms with Crippen molar-refractivity contribution in [3.63, 3.8) is 0 Å². The molecule has 2 N–H and O–H groups in total. The minimum atomic E-state index is -0.510. The summed E-state index contributed by atoms with van der Waals surface area (Å²) in [6, 6.07) is 1.28.